The van der Waals surface area contributed by atoms with Gasteiger partial charge in [-0.25, -0.2) is 4.79 Å². The van der Waals surface area contributed by atoms with Crippen LogP contribution in [0.4, 0.5) is 0 Å². The Morgan fingerprint density at radius 1 is 1.00 bits per heavy atom. The van der Waals surface area contributed by atoms with Crippen molar-refractivity contribution in [1.82, 2.24) is 0 Å². The molecular formula is C17H28O4. The molecule has 0 aliphatic heterocycles. The van der Waals surface area contributed by atoms with E-state index >= 15 is 0 Å². The first kappa shape index (κ1) is 19.4. The Morgan fingerprint density at radius 2 is 1.57 bits per heavy atom. The first-order valence-electron chi connectivity index (χ1n) is 7.06. The molecular weight excluding hydrogens is 268 g/mol. The number of hydrogen-bond donors (Lipinski definition) is 0. The molecule has 120 valence electrons. The summed E-state index contributed by atoms with van der Waals surface area (Å²) in [5.41, 5.74) is 0.595. The molecule has 0 amide bonds. The average Bonchev–Trinajstić information content (AvgIpc) is 2.39. The Bertz CT molecular complexity index is 423. The largest absolute Gasteiger partial charge is 0.469 e. The van der Waals surface area contributed by atoms with E-state index in [0.717, 1.165) is 6.42 Å². The number of ether oxygens (including phenoxy) is 2. The number of carbonyl (C=O) groups excluding carboxylic acids is 2. The Hall–Kier alpha value is -1.58. The van der Waals surface area contributed by atoms with Crippen LogP contribution in [0, 0.1) is 10.8 Å². The van der Waals surface area contributed by atoms with Gasteiger partial charge in [0, 0.05) is 5.57 Å². The van der Waals surface area contributed by atoms with Crippen LogP contribution >= 0.6 is 0 Å². The number of rotatable bonds is 6. The summed E-state index contributed by atoms with van der Waals surface area (Å²) >= 11 is 0. The first-order chi connectivity index (χ1) is 9.55. The molecule has 0 aromatic rings. The highest BCUT2D eigenvalue weighted by Gasteiger charge is 2.31. The zero-order valence-corrected chi connectivity index (χ0v) is 14.3. The van der Waals surface area contributed by atoms with Gasteiger partial charge in [-0.05, 0) is 17.3 Å². The summed E-state index contributed by atoms with van der Waals surface area (Å²) in [7, 11) is 2.58. The van der Waals surface area contributed by atoms with Crippen LogP contribution in [0.3, 0.4) is 0 Å². The van der Waals surface area contributed by atoms with Gasteiger partial charge in [-0.2, -0.15) is 0 Å². The third kappa shape index (κ3) is 6.61. The van der Waals surface area contributed by atoms with E-state index in [9.17, 15) is 9.59 Å². The molecule has 0 bridgehead atoms. The van der Waals surface area contributed by atoms with Gasteiger partial charge in [-0.15, -0.1) is 0 Å². The van der Waals surface area contributed by atoms with Crippen molar-refractivity contribution in [3.05, 3.63) is 23.8 Å². The van der Waals surface area contributed by atoms with Crippen molar-refractivity contribution in [3.63, 3.8) is 0 Å². The minimum atomic E-state index is -0.514. The van der Waals surface area contributed by atoms with Crippen molar-refractivity contribution in [2.75, 3.05) is 14.2 Å². The maximum absolute atomic E-state index is 11.6. The lowest BCUT2D eigenvalue weighted by Crippen LogP contribution is -2.28. The minimum absolute atomic E-state index is 0.0871. The molecule has 0 fully saturated rings. The first-order valence-corrected chi connectivity index (χ1v) is 7.06. The Balaban J connectivity index is 4.88. The van der Waals surface area contributed by atoms with Crippen molar-refractivity contribution in [2.24, 2.45) is 10.8 Å². The summed E-state index contributed by atoms with van der Waals surface area (Å²) in [5, 5.41) is 0. The smallest absolute Gasteiger partial charge is 0.334 e. The van der Waals surface area contributed by atoms with E-state index in [1.165, 1.54) is 14.2 Å². The van der Waals surface area contributed by atoms with E-state index in [2.05, 4.69) is 44.1 Å². The fraction of sp³-hybridized carbons (Fsp3) is 0.647. The molecule has 0 spiro atoms. The second-order valence-electron chi connectivity index (χ2n) is 6.70. The molecule has 0 aromatic heterocycles. The fourth-order valence-electron chi connectivity index (χ4n) is 1.41. The molecule has 0 unspecified atom stereocenters. The number of hydrogen-bond acceptors (Lipinski definition) is 4. The maximum atomic E-state index is 11.6. The van der Waals surface area contributed by atoms with E-state index in [4.69, 9.17) is 0 Å². The van der Waals surface area contributed by atoms with E-state index < -0.39 is 11.9 Å². The molecule has 21 heavy (non-hydrogen) atoms. The van der Waals surface area contributed by atoms with E-state index in [1.54, 1.807) is 12.2 Å². The van der Waals surface area contributed by atoms with Crippen LogP contribution in [0.25, 0.3) is 0 Å². The highest BCUT2D eigenvalue weighted by atomic mass is 16.5. The van der Waals surface area contributed by atoms with Crippen molar-refractivity contribution >= 4 is 11.9 Å². The van der Waals surface area contributed by atoms with Gasteiger partial charge in [0.2, 0.25) is 0 Å². The Morgan fingerprint density at radius 3 is 2.00 bits per heavy atom. The molecule has 0 aliphatic rings. The van der Waals surface area contributed by atoms with E-state index in [-0.39, 0.29) is 22.8 Å². The van der Waals surface area contributed by atoms with Crippen molar-refractivity contribution in [3.8, 4) is 0 Å². The molecule has 4 heteroatoms. The highest BCUT2D eigenvalue weighted by Crippen LogP contribution is 2.40. The topological polar surface area (TPSA) is 52.6 Å². The lowest BCUT2D eigenvalue weighted by atomic mass is 9.67. The van der Waals surface area contributed by atoms with Gasteiger partial charge in [-0.3, -0.25) is 4.79 Å². The number of carbonyl (C=O) groups is 2. The number of methoxy groups -OCH3 is 2. The van der Waals surface area contributed by atoms with Crippen LogP contribution in [-0.4, -0.2) is 26.2 Å². The standard InChI is InChI=1S/C17H28O4/c1-16(2,3)17(4,5)11-9-8-10-13(15(19)21-7)12-14(18)20-6/h8-10H,11-12H2,1-7H3/b9-8+,13-10+. The van der Waals surface area contributed by atoms with E-state index in [0.29, 0.717) is 0 Å². The quantitative estimate of drug-likeness (QED) is 0.426. The van der Waals surface area contributed by atoms with Crippen LogP contribution < -0.4 is 0 Å². The molecule has 0 saturated carbocycles. The third-order valence-corrected chi connectivity index (χ3v) is 4.10. The number of allylic oxidation sites excluding steroid dienone is 3. The van der Waals surface area contributed by atoms with Crippen LogP contribution in [-0.2, 0) is 19.1 Å². The van der Waals surface area contributed by atoms with Crippen molar-refractivity contribution < 1.29 is 19.1 Å². The van der Waals surface area contributed by atoms with Crippen LogP contribution in [0.5, 0.6) is 0 Å². The highest BCUT2D eigenvalue weighted by molar-refractivity contribution is 5.94. The van der Waals surface area contributed by atoms with Gasteiger partial charge in [0.05, 0.1) is 20.6 Å². The molecule has 0 atom stereocenters. The van der Waals surface area contributed by atoms with Crippen LogP contribution in [0.1, 0.15) is 47.5 Å². The summed E-state index contributed by atoms with van der Waals surface area (Å²) in [6.45, 7) is 11.0. The Labute approximate surface area is 128 Å². The lowest BCUT2D eigenvalue weighted by Gasteiger charge is -2.38. The fourth-order valence-corrected chi connectivity index (χ4v) is 1.41. The molecule has 0 saturated heterocycles. The van der Waals surface area contributed by atoms with E-state index in [1.807, 2.05) is 6.08 Å². The predicted octanol–water partition coefficient (Wildman–Crippen LogP) is 3.67. The molecule has 0 rings (SSSR count). The van der Waals surface area contributed by atoms with Gasteiger partial charge in [0.15, 0.2) is 0 Å². The monoisotopic (exact) mass is 296 g/mol. The Kier molecular flexibility index (Phi) is 7.41. The SMILES string of the molecule is COC(=O)C/C(=C\C=C\CC(C)(C)C(C)(C)C)C(=O)OC. The van der Waals surface area contributed by atoms with Crippen LogP contribution in [0.15, 0.2) is 23.8 Å². The van der Waals surface area contributed by atoms with Gasteiger partial charge >= 0.3 is 11.9 Å². The second-order valence-corrected chi connectivity index (χ2v) is 6.70. The summed E-state index contributed by atoms with van der Waals surface area (Å²) in [5.74, 6) is -0.977. The third-order valence-electron chi connectivity index (χ3n) is 4.10. The zero-order chi connectivity index (χ0) is 16.7. The molecule has 0 aliphatic carbocycles. The summed E-state index contributed by atoms with van der Waals surface area (Å²) in [6, 6.07) is 0. The van der Waals surface area contributed by atoms with Crippen LogP contribution in [0.2, 0.25) is 0 Å². The van der Waals surface area contributed by atoms with Gasteiger partial charge < -0.3 is 9.47 Å². The lowest BCUT2D eigenvalue weighted by molar-refractivity contribution is -0.143. The van der Waals surface area contributed by atoms with Crippen molar-refractivity contribution in [1.29, 1.82) is 0 Å². The molecule has 4 nitrogen and oxygen atoms in total. The predicted molar refractivity (Wildman–Crippen MR) is 83.7 cm³/mol. The molecule has 0 N–H and O–H groups in total. The van der Waals surface area contributed by atoms with Gasteiger partial charge in [0.1, 0.15) is 0 Å². The molecule has 0 aromatic carbocycles. The van der Waals surface area contributed by atoms with Gasteiger partial charge in [-0.1, -0.05) is 52.8 Å². The average molecular weight is 296 g/mol. The normalized spacial score (nSPS) is 13.4. The van der Waals surface area contributed by atoms with Crippen molar-refractivity contribution in [2.45, 2.75) is 47.5 Å². The minimum Gasteiger partial charge on any atom is -0.469 e. The summed E-state index contributed by atoms with van der Waals surface area (Å²) < 4.78 is 9.23. The number of esters is 2. The summed E-state index contributed by atoms with van der Waals surface area (Å²) in [6.07, 6.45) is 6.20. The molecule has 0 radical (unpaired) electrons. The second kappa shape index (κ2) is 8.01. The van der Waals surface area contributed by atoms with Gasteiger partial charge in [0.25, 0.3) is 0 Å². The molecule has 0 heterocycles. The maximum Gasteiger partial charge on any atom is 0.334 e. The zero-order valence-electron chi connectivity index (χ0n) is 14.3. The summed E-state index contributed by atoms with van der Waals surface area (Å²) in [4.78, 5) is 22.9.